The van der Waals surface area contributed by atoms with Crippen LogP contribution in [0.3, 0.4) is 0 Å². The first kappa shape index (κ1) is 37.7. The van der Waals surface area contributed by atoms with Crippen molar-refractivity contribution in [2.75, 3.05) is 119 Å². The van der Waals surface area contributed by atoms with Crippen molar-refractivity contribution in [3.05, 3.63) is 0 Å². The van der Waals surface area contributed by atoms with Crippen LogP contribution in [-0.2, 0) is 57.1 Å². The summed E-state index contributed by atoms with van der Waals surface area (Å²) in [6, 6.07) is 0. The second kappa shape index (κ2) is 26.3. The molecule has 1 rings (SSSR count). The summed E-state index contributed by atoms with van der Waals surface area (Å²) in [6.45, 7) is 8.42. The first-order chi connectivity index (χ1) is 20.4. The van der Waals surface area contributed by atoms with Crippen molar-refractivity contribution in [2.45, 2.75) is 39.5 Å². The minimum absolute atomic E-state index is 0.0136. The monoisotopic (exact) mass is 606 g/mol. The van der Waals surface area contributed by atoms with Crippen molar-refractivity contribution < 1.29 is 57.1 Å². The number of carbonyl (C=O) groups excluding carboxylic acids is 4. The molecule has 14 heteroatoms. The Morgan fingerprint density at radius 1 is 0.500 bits per heavy atom. The van der Waals surface area contributed by atoms with E-state index < -0.39 is 37.1 Å². The molecule has 14 nitrogen and oxygen atoms in total. The highest BCUT2D eigenvalue weighted by Crippen LogP contribution is 1.98. The SMILES string of the molecule is CCCCOC(=O)COC(=O)CN1CCOCCOCCN(CC(=O)OCC(=O)OCCCC)CCOCCOCC1. The van der Waals surface area contributed by atoms with Crippen LogP contribution in [-0.4, -0.2) is 152 Å². The number of hydrogen-bond donors (Lipinski definition) is 0. The molecule has 244 valence electrons. The van der Waals surface area contributed by atoms with Crippen LogP contribution in [0.4, 0.5) is 0 Å². The fraction of sp³-hybridized carbons (Fsp3) is 0.857. The van der Waals surface area contributed by atoms with Crippen LogP contribution in [0.5, 0.6) is 0 Å². The molecule has 1 heterocycles. The Kier molecular flexibility index (Phi) is 23.6. The van der Waals surface area contributed by atoms with Gasteiger partial charge in [-0.1, -0.05) is 26.7 Å². The van der Waals surface area contributed by atoms with Crippen molar-refractivity contribution in [3.63, 3.8) is 0 Å². The summed E-state index contributed by atoms with van der Waals surface area (Å²) in [4.78, 5) is 51.5. The zero-order chi connectivity index (χ0) is 30.7. The molecule has 1 aliphatic heterocycles. The van der Waals surface area contributed by atoms with Crippen LogP contribution in [0.2, 0.25) is 0 Å². The first-order valence-electron chi connectivity index (χ1n) is 14.8. The zero-order valence-electron chi connectivity index (χ0n) is 25.3. The lowest BCUT2D eigenvalue weighted by molar-refractivity contribution is -0.159. The van der Waals surface area contributed by atoms with E-state index >= 15 is 0 Å². The third-order valence-electron chi connectivity index (χ3n) is 5.88. The molecule has 0 aliphatic carbocycles. The van der Waals surface area contributed by atoms with E-state index in [1.54, 1.807) is 0 Å². The fourth-order valence-corrected chi connectivity index (χ4v) is 3.44. The van der Waals surface area contributed by atoms with Crippen LogP contribution in [0.25, 0.3) is 0 Å². The Morgan fingerprint density at radius 3 is 1.14 bits per heavy atom. The van der Waals surface area contributed by atoms with Gasteiger partial charge in [0.25, 0.3) is 0 Å². The molecular weight excluding hydrogens is 556 g/mol. The van der Waals surface area contributed by atoms with Gasteiger partial charge in [0.15, 0.2) is 13.2 Å². The van der Waals surface area contributed by atoms with Gasteiger partial charge in [0, 0.05) is 26.2 Å². The average Bonchev–Trinajstić information content (AvgIpc) is 2.97. The molecule has 0 unspecified atom stereocenters. The smallest absolute Gasteiger partial charge is 0.344 e. The van der Waals surface area contributed by atoms with Gasteiger partial charge in [-0.3, -0.25) is 19.4 Å². The highest BCUT2D eigenvalue weighted by atomic mass is 16.6. The zero-order valence-corrected chi connectivity index (χ0v) is 25.3. The van der Waals surface area contributed by atoms with Crippen molar-refractivity contribution in [1.82, 2.24) is 9.80 Å². The van der Waals surface area contributed by atoms with Gasteiger partial charge in [-0.15, -0.1) is 0 Å². The number of hydrogen-bond acceptors (Lipinski definition) is 14. The van der Waals surface area contributed by atoms with Gasteiger partial charge < -0.3 is 37.9 Å². The van der Waals surface area contributed by atoms with Gasteiger partial charge in [0.05, 0.1) is 79.2 Å². The predicted octanol–water partition coefficient (Wildman–Crippen LogP) is 0.443. The maximum absolute atomic E-state index is 12.2. The molecule has 0 N–H and O–H groups in total. The van der Waals surface area contributed by atoms with E-state index in [4.69, 9.17) is 37.9 Å². The fourth-order valence-electron chi connectivity index (χ4n) is 3.44. The van der Waals surface area contributed by atoms with Crippen LogP contribution < -0.4 is 0 Å². The highest BCUT2D eigenvalue weighted by molar-refractivity contribution is 5.78. The maximum Gasteiger partial charge on any atom is 0.344 e. The molecule has 0 bridgehead atoms. The molecule has 0 spiro atoms. The topological polar surface area (TPSA) is 149 Å². The Bertz CT molecular complexity index is 660. The minimum Gasteiger partial charge on any atom is -0.463 e. The molecule has 1 fully saturated rings. The summed E-state index contributed by atoms with van der Waals surface area (Å²) < 4.78 is 42.6. The Labute approximate surface area is 249 Å². The number of carbonyl (C=O) groups is 4. The predicted molar refractivity (Wildman–Crippen MR) is 150 cm³/mol. The number of esters is 4. The summed E-state index contributed by atoms with van der Waals surface area (Å²) in [5.74, 6) is -2.19. The van der Waals surface area contributed by atoms with Crippen LogP contribution >= 0.6 is 0 Å². The first-order valence-corrected chi connectivity index (χ1v) is 14.8. The van der Waals surface area contributed by atoms with E-state index in [0.29, 0.717) is 92.2 Å². The molecule has 0 aromatic carbocycles. The second-order valence-corrected chi connectivity index (χ2v) is 9.47. The number of nitrogens with zero attached hydrogens (tertiary/aromatic N) is 2. The van der Waals surface area contributed by atoms with Gasteiger partial charge in [-0.05, 0) is 12.8 Å². The quantitative estimate of drug-likeness (QED) is 0.153. The van der Waals surface area contributed by atoms with Crippen LogP contribution in [0, 0.1) is 0 Å². The van der Waals surface area contributed by atoms with Gasteiger partial charge in [-0.2, -0.15) is 0 Å². The highest BCUT2D eigenvalue weighted by Gasteiger charge is 2.16. The number of rotatable bonds is 14. The van der Waals surface area contributed by atoms with Crippen molar-refractivity contribution in [3.8, 4) is 0 Å². The molecule has 0 atom stereocenters. The standard InChI is InChI=1S/C28H50N2O12/c1-3-5-11-39-27(33)23-41-25(31)21-29-7-13-35-17-19-37-15-9-30(10-16-38-20-18-36-14-8-29)22-26(32)42-24-28(34)40-12-6-4-2/h3-24H2,1-2H3. The molecule has 0 aromatic rings. The molecule has 1 saturated heterocycles. The maximum atomic E-state index is 12.2. The third kappa shape index (κ3) is 22.3. The van der Waals surface area contributed by atoms with Gasteiger partial charge in [-0.25, -0.2) is 9.59 Å². The van der Waals surface area contributed by atoms with E-state index in [-0.39, 0.29) is 13.1 Å². The summed E-state index contributed by atoms with van der Waals surface area (Å²) in [5, 5.41) is 0. The lowest BCUT2D eigenvalue weighted by Crippen LogP contribution is -2.38. The van der Waals surface area contributed by atoms with Crippen LogP contribution in [0.1, 0.15) is 39.5 Å². The molecule has 1 aliphatic rings. The minimum atomic E-state index is -0.564. The number of unbranched alkanes of at least 4 members (excludes halogenated alkanes) is 2. The Balaban J connectivity index is 2.40. The van der Waals surface area contributed by atoms with Gasteiger partial charge in [0.2, 0.25) is 0 Å². The summed E-state index contributed by atoms with van der Waals surface area (Å²) in [7, 11) is 0. The van der Waals surface area contributed by atoms with E-state index in [1.807, 2.05) is 23.6 Å². The van der Waals surface area contributed by atoms with Gasteiger partial charge in [0.1, 0.15) is 0 Å². The average molecular weight is 607 g/mol. The van der Waals surface area contributed by atoms with Crippen LogP contribution in [0.15, 0.2) is 0 Å². The lowest BCUT2D eigenvalue weighted by atomic mass is 10.4. The Morgan fingerprint density at radius 2 is 0.833 bits per heavy atom. The third-order valence-corrected chi connectivity index (χ3v) is 5.88. The lowest BCUT2D eigenvalue weighted by Gasteiger charge is -2.22. The number of ether oxygens (including phenoxy) is 8. The molecule has 42 heavy (non-hydrogen) atoms. The van der Waals surface area contributed by atoms with Crippen molar-refractivity contribution in [2.24, 2.45) is 0 Å². The van der Waals surface area contributed by atoms with Crippen molar-refractivity contribution >= 4 is 23.9 Å². The van der Waals surface area contributed by atoms with E-state index in [0.717, 1.165) is 25.7 Å². The molecular formula is C28H50N2O12. The van der Waals surface area contributed by atoms with E-state index in [2.05, 4.69) is 0 Å². The van der Waals surface area contributed by atoms with E-state index in [1.165, 1.54) is 0 Å². The molecule has 0 saturated carbocycles. The molecule has 0 amide bonds. The normalized spacial score (nSPS) is 17.4. The molecule has 0 aromatic heterocycles. The molecule has 0 radical (unpaired) electrons. The largest absolute Gasteiger partial charge is 0.463 e. The summed E-state index contributed by atoms with van der Waals surface area (Å²) in [5.41, 5.74) is 0. The summed E-state index contributed by atoms with van der Waals surface area (Å²) >= 11 is 0. The van der Waals surface area contributed by atoms with E-state index in [9.17, 15) is 19.2 Å². The summed E-state index contributed by atoms with van der Waals surface area (Å²) in [6.07, 6.45) is 3.33. The second-order valence-electron chi connectivity index (χ2n) is 9.47. The van der Waals surface area contributed by atoms with Crippen molar-refractivity contribution in [1.29, 1.82) is 0 Å². The van der Waals surface area contributed by atoms with Gasteiger partial charge >= 0.3 is 23.9 Å². The Hall–Kier alpha value is -2.36.